The van der Waals surface area contributed by atoms with Crippen molar-refractivity contribution in [3.8, 4) is 5.75 Å². The second-order valence-electron chi connectivity index (χ2n) is 7.75. The highest BCUT2D eigenvalue weighted by Gasteiger charge is 2.37. The number of amides is 2. The summed E-state index contributed by atoms with van der Waals surface area (Å²) >= 11 is 0. The fourth-order valence-corrected chi connectivity index (χ4v) is 4.36. The summed E-state index contributed by atoms with van der Waals surface area (Å²) in [4.78, 5) is 14.4. The summed E-state index contributed by atoms with van der Waals surface area (Å²) in [6.45, 7) is 3.72. The average Bonchev–Trinajstić information content (AvgIpc) is 2.69. The summed E-state index contributed by atoms with van der Waals surface area (Å²) in [6, 6.07) is 9.82. The minimum absolute atomic E-state index is 0.0517. The third kappa shape index (κ3) is 6.42. The van der Waals surface area contributed by atoms with Gasteiger partial charge in [0.2, 0.25) is 0 Å². The van der Waals surface area contributed by atoms with E-state index in [0.717, 1.165) is 38.0 Å². The number of piperidine rings is 1. The van der Waals surface area contributed by atoms with Crippen LogP contribution in [0.25, 0.3) is 0 Å². The zero-order valence-corrected chi connectivity index (χ0v) is 18.2. The van der Waals surface area contributed by atoms with Crippen LogP contribution in [0.4, 0.5) is 4.79 Å². The van der Waals surface area contributed by atoms with Gasteiger partial charge in [-0.05, 0) is 31.9 Å². The molecule has 3 atom stereocenters. The van der Waals surface area contributed by atoms with Crippen molar-refractivity contribution in [2.45, 2.75) is 56.9 Å². The number of rotatable bonds is 9. The van der Waals surface area contributed by atoms with Gasteiger partial charge in [0.05, 0.1) is 24.6 Å². The smallest absolute Gasteiger partial charge is 0.317 e. The minimum atomic E-state index is -0.923. The summed E-state index contributed by atoms with van der Waals surface area (Å²) in [5.74, 6) is 1.32. The number of hydrogen-bond acceptors (Lipinski definition) is 5. The second-order valence-corrected chi connectivity index (χ2v) is 9.18. The Balaban J connectivity index is 1.51. The van der Waals surface area contributed by atoms with Crippen molar-refractivity contribution >= 4 is 16.8 Å². The number of nitrogens with one attached hydrogen (secondary N) is 2. The molecule has 1 aliphatic heterocycles. The molecule has 1 unspecified atom stereocenters. The maximum Gasteiger partial charge on any atom is 0.317 e. The van der Waals surface area contributed by atoms with Gasteiger partial charge in [0.15, 0.2) is 0 Å². The number of likely N-dealkylation sites (tertiary alicyclic amines) is 1. The maximum atomic E-state index is 12.5. The quantitative estimate of drug-likeness (QED) is 0.636. The topological polar surface area (TPSA) is 79.9 Å². The number of benzene rings is 1. The van der Waals surface area contributed by atoms with E-state index in [0.29, 0.717) is 19.0 Å². The fourth-order valence-electron chi connectivity index (χ4n) is 3.91. The number of urea groups is 1. The normalized spacial score (nSPS) is 27.7. The molecule has 1 aromatic rings. The van der Waals surface area contributed by atoms with E-state index in [4.69, 9.17) is 9.47 Å². The number of nitrogens with zero attached hydrogens (tertiary/aromatic N) is 1. The highest BCUT2D eigenvalue weighted by atomic mass is 32.2. The predicted molar refractivity (Wildman–Crippen MR) is 114 cm³/mol. The van der Waals surface area contributed by atoms with Gasteiger partial charge in [-0.15, -0.1) is 0 Å². The lowest BCUT2D eigenvalue weighted by molar-refractivity contribution is -0.0799. The lowest BCUT2D eigenvalue weighted by atomic mass is 9.91. The van der Waals surface area contributed by atoms with Crippen molar-refractivity contribution in [1.82, 2.24) is 15.5 Å². The molecule has 0 bridgehead atoms. The lowest BCUT2D eigenvalue weighted by Crippen LogP contribution is -2.60. The van der Waals surface area contributed by atoms with Gasteiger partial charge >= 0.3 is 6.03 Å². The van der Waals surface area contributed by atoms with E-state index in [1.165, 1.54) is 0 Å². The average molecular weight is 424 g/mol. The van der Waals surface area contributed by atoms with Crippen LogP contribution in [-0.2, 0) is 15.5 Å². The molecular weight excluding hydrogens is 390 g/mol. The van der Waals surface area contributed by atoms with Crippen LogP contribution in [0.3, 0.4) is 0 Å². The molecule has 2 fully saturated rings. The molecule has 8 heteroatoms. The summed E-state index contributed by atoms with van der Waals surface area (Å²) in [7, 11) is -0.923. The lowest BCUT2D eigenvalue weighted by Gasteiger charge is -2.43. The number of ether oxygens (including phenoxy) is 2. The van der Waals surface area contributed by atoms with Crippen molar-refractivity contribution in [2.75, 3.05) is 31.8 Å². The largest absolute Gasteiger partial charge is 0.490 e. The Bertz CT molecular complexity index is 669. The summed E-state index contributed by atoms with van der Waals surface area (Å²) in [6.07, 6.45) is 5.63. The molecular formula is C21H33N3O4S. The molecule has 0 spiro atoms. The van der Waals surface area contributed by atoms with E-state index < -0.39 is 10.8 Å². The van der Waals surface area contributed by atoms with E-state index in [-0.39, 0.29) is 30.3 Å². The molecule has 29 heavy (non-hydrogen) atoms. The summed E-state index contributed by atoms with van der Waals surface area (Å²) in [5, 5.41) is 6.28. The van der Waals surface area contributed by atoms with E-state index in [1.807, 2.05) is 42.2 Å². The molecule has 162 valence electrons. The third-order valence-electron chi connectivity index (χ3n) is 5.52. The van der Waals surface area contributed by atoms with Crippen molar-refractivity contribution in [1.29, 1.82) is 0 Å². The second kappa shape index (κ2) is 10.9. The monoisotopic (exact) mass is 423 g/mol. The first-order valence-corrected chi connectivity index (χ1v) is 12.2. The number of hydrogen-bond donors (Lipinski definition) is 2. The highest BCUT2D eigenvalue weighted by Crippen LogP contribution is 2.29. The molecule has 1 saturated carbocycles. The molecule has 1 saturated heterocycles. The van der Waals surface area contributed by atoms with Crippen molar-refractivity contribution < 1.29 is 18.5 Å². The van der Waals surface area contributed by atoms with Crippen LogP contribution < -0.4 is 15.4 Å². The SMILES string of the molecule is CCNC(=O)N1CCC[C@H](NCS(C)=O)[C@@H]1COC1CC(Oc2ccccc2)C1. The summed E-state index contributed by atoms with van der Waals surface area (Å²) in [5.41, 5.74) is 0. The molecule has 3 rings (SSSR count). The molecule has 2 aliphatic rings. The summed E-state index contributed by atoms with van der Waals surface area (Å²) < 4.78 is 23.6. The van der Waals surface area contributed by atoms with Gasteiger partial charge < -0.3 is 25.0 Å². The van der Waals surface area contributed by atoms with Gasteiger partial charge in [0, 0.05) is 49.0 Å². The Hall–Kier alpha value is -1.64. The van der Waals surface area contributed by atoms with Gasteiger partial charge in [0.25, 0.3) is 0 Å². The van der Waals surface area contributed by atoms with E-state index in [9.17, 15) is 9.00 Å². The molecule has 1 heterocycles. The Morgan fingerprint density at radius 1 is 1.24 bits per heavy atom. The molecule has 2 amide bonds. The maximum absolute atomic E-state index is 12.5. The Kier molecular flexibility index (Phi) is 8.32. The van der Waals surface area contributed by atoms with Crippen LogP contribution in [0.2, 0.25) is 0 Å². The van der Waals surface area contributed by atoms with Gasteiger partial charge in [-0.25, -0.2) is 4.79 Å². The van der Waals surface area contributed by atoms with Crippen molar-refractivity contribution in [3.05, 3.63) is 30.3 Å². The van der Waals surface area contributed by atoms with Crippen LogP contribution in [0.1, 0.15) is 32.6 Å². The van der Waals surface area contributed by atoms with Gasteiger partial charge in [-0.2, -0.15) is 0 Å². The first-order valence-electron chi connectivity index (χ1n) is 10.5. The first-order chi connectivity index (χ1) is 14.1. The predicted octanol–water partition coefficient (Wildman–Crippen LogP) is 2.10. The van der Waals surface area contributed by atoms with Gasteiger partial charge in [0.1, 0.15) is 11.9 Å². The van der Waals surface area contributed by atoms with Crippen LogP contribution in [0.15, 0.2) is 30.3 Å². The standard InChI is InChI=1S/C21H33N3O4S/c1-3-22-21(25)24-11-7-10-19(23-15-29(2)26)20(24)14-27-17-12-18(13-17)28-16-8-5-4-6-9-16/h4-6,8-9,17-20,23H,3,7,10-15H2,1-2H3,(H,22,25)/t17?,18?,19-,20-,29?/m0/s1. The first kappa shape index (κ1) is 22.1. The molecule has 1 aliphatic carbocycles. The molecule has 7 nitrogen and oxygen atoms in total. The van der Waals surface area contributed by atoms with E-state index >= 15 is 0 Å². The molecule has 0 aromatic heterocycles. The Labute approximate surface area is 176 Å². The van der Waals surface area contributed by atoms with Crippen LogP contribution in [0.5, 0.6) is 5.75 Å². The highest BCUT2D eigenvalue weighted by molar-refractivity contribution is 7.84. The van der Waals surface area contributed by atoms with E-state index in [1.54, 1.807) is 6.26 Å². The molecule has 2 N–H and O–H groups in total. The zero-order valence-electron chi connectivity index (χ0n) is 17.3. The fraction of sp³-hybridized carbons (Fsp3) is 0.667. The van der Waals surface area contributed by atoms with Gasteiger partial charge in [-0.1, -0.05) is 18.2 Å². The van der Waals surface area contributed by atoms with Crippen molar-refractivity contribution in [2.24, 2.45) is 0 Å². The number of para-hydroxylation sites is 1. The Morgan fingerprint density at radius 3 is 2.69 bits per heavy atom. The molecule has 1 aromatic carbocycles. The van der Waals surface area contributed by atoms with E-state index in [2.05, 4.69) is 10.6 Å². The van der Waals surface area contributed by atoms with Crippen LogP contribution in [-0.4, -0.2) is 71.3 Å². The minimum Gasteiger partial charge on any atom is -0.490 e. The van der Waals surface area contributed by atoms with Crippen LogP contribution in [0, 0.1) is 0 Å². The van der Waals surface area contributed by atoms with Crippen LogP contribution >= 0.6 is 0 Å². The molecule has 0 radical (unpaired) electrons. The van der Waals surface area contributed by atoms with Gasteiger partial charge in [-0.3, -0.25) is 4.21 Å². The Morgan fingerprint density at radius 2 is 2.00 bits per heavy atom. The zero-order chi connectivity index (χ0) is 20.6. The van der Waals surface area contributed by atoms with Crippen molar-refractivity contribution in [3.63, 3.8) is 0 Å². The number of carbonyl (C=O) groups is 1. The third-order valence-corrected chi connectivity index (χ3v) is 6.09. The number of carbonyl (C=O) groups excluding carboxylic acids is 1.